The highest BCUT2D eigenvalue weighted by Gasteiger charge is 2.18. The molecule has 1 aromatic heterocycles. The second-order valence-electron chi connectivity index (χ2n) is 3.95. The molecular weight excluding hydrogens is 216 g/mol. The molecule has 0 fully saturated rings. The molecule has 1 aromatic carbocycles. The van der Waals surface area contributed by atoms with Crippen LogP contribution in [0.25, 0.3) is 11.4 Å². The van der Waals surface area contributed by atoms with Gasteiger partial charge in [0.1, 0.15) is 5.82 Å². The molecule has 0 atom stereocenters. The summed E-state index contributed by atoms with van der Waals surface area (Å²) >= 11 is 0. The first-order chi connectivity index (χ1) is 8.38. The lowest BCUT2D eigenvalue weighted by Crippen LogP contribution is -1.95. The van der Waals surface area contributed by atoms with Gasteiger partial charge in [0.05, 0.1) is 5.69 Å². The molecule has 0 saturated carbocycles. The van der Waals surface area contributed by atoms with Crippen LogP contribution in [0.1, 0.15) is 12.2 Å². The largest absolute Gasteiger partial charge is 0.311 e. The van der Waals surface area contributed by atoms with Crippen molar-refractivity contribution < 1.29 is 4.79 Å². The minimum Gasteiger partial charge on any atom is -0.311 e. The van der Waals surface area contributed by atoms with E-state index in [-0.39, 0.29) is 0 Å². The van der Waals surface area contributed by atoms with Crippen molar-refractivity contribution in [1.82, 2.24) is 14.8 Å². The molecule has 5 nitrogen and oxygen atoms in total. The standard InChI is InChI=1S/C12H10N4O/c17-8-13-10-4-1-3-9(7-10)12-15-14-11-5-2-6-16(11)12/h1,3-4,7H,2,5-6H2. The molecule has 0 spiro atoms. The number of nitrogens with zero attached hydrogens (tertiary/aromatic N) is 4. The maximum Gasteiger partial charge on any atom is 0.240 e. The van der Waals surface area contributed by atoms with E-state index in [0.29, 0.717) is 5.69 Å². The SMILES string of the molecule is O=C=Nc1cccc(-c2nnc3n2CCC3)c1. The highest BCUT2D eigenvalue weighted by Crippen LogP contribution is 2.25. The van der Waals surface area contributed by atoms with Gasteiger partial charge in [-0.25, -0.2) is 4.79 Å². The number of aryl methyl sites for hydroxylation is 1. The van der Waals surface area contributed by atoms with E-state index < -0.39 is 0 Å². The minimum atomic E-state index is 0.591. The van der Waals surface area contributed by atoms with Gasteiger partial charge >= 0.3 is 0 Å². The second kappa shape index (κ2) is 3.96. The van der Waals surface area contributed by atoms with Crippen molar-refractivity contribution in [3.63, 3.8) is 0 Å². The lowest BCUT2D eigenvalue weighted by atomic mass is 10.2. The Morgan fingerprint density at radius 3 is 3.18 bits per heavy atom. The lowest BCUT2D eigenvalue weighted by Gasteiger charge is -2.02. The van der Waals surface area contributed by atoms with Gasteiger partial charge in [-0.2, -0.15) is 4.99 Å². The Morgan fingerprint density at radius 2 is 2.29 bits per heavy atom. The van der Waals surface area contributed by atoms with E-state index in [4.69, 9.17) is 0 Å². The summed E-state index contributed by atoms with van der Waals surface area (Å²) in [4.78, 5) is 13.8. The van der Waals surface area contributed by atoms with Gasteiger partial charge in [0.15, 0.2) is 5.82 Å². The van der Waals surface area contributed by atoms with Crippen LogP contribution in [-0.4, -0.2) is 20.8 Å². The van der Waals surface area contributed by atoms with Crippen molar-refractivity contribution in [2.24, 2.45) is 4.99 Å². The van der Waals surface area contributed by atoms with Crippen molar-refractivity contribution >= 4 is 11.8 Å². The van der Waals surface area contributed by atoms with E-state index in [2.05, 4.69) is 19.8 Å². The van der Waals surface area contributed by atoms with Crippen LogP contribution < -0.4 is 0 Å². The molecule has 1 aliphatic rings. The van der Waals surface area contributed by atoms with E-state index in [1.54, 1.807) is 12.1 Å². The highest BCUT2D eigenvalue weighted by atomic mass is 16.1. The van der Waals surface area contributed by atoms with Crippen LogP contribution in [-0.2, 0) is 17.8 Å². The van der Waals surface area contributed by atoms with Gasteiger partial charge in [-0.1, -0.05) is 12.1 Å². The molecule has 0 unspecified atom stereocenters. The summed E-state index contributed by atoms with van der Waals surface area (Å²) in [5.41, 5.74) is 1.52. The Morgan fingerprint density at radius 1 is 1.35 bits per heavy atom. The Labute approximate surface area is 97.8 Å². The van der Waals surface area contributed by atoms with Crippen LogP contribution >= 0.6 is 0 Å². The fourth-order valence-corrected chi connectivity index (χ4v) is 2.13. The van der Waals surface area contributed by atoms with E-state index in [1.165, 1.54) is 0 Å². The van der Waals surface area contributed by atoms with Gasteiger partial charge in [0.25, 0.3) is 0 Å². The average Bonchev–Trinajstić information content (AvgIpc) is 2.91. The van der Waals surface area contributed by atoms with Gasteiger partial charge in [0, 0.05) is 18.5 Å². The fourth-order valence-electron chi connectivity index (χ4n) is 2.13. The minimum absolute atomic E-state index is 0.591. The third-order valence-corrected chi connectivity index (χ3v) is 2.89. The predicted molar refractivity (Wildman–Crippen MR) is 61.6 cm³/mol. The molecule has 0 aliphatic carbocycles. The molecule has 84 valence electrons. The molecule has 2 heterocycles. The third kappa shape index (κ3) is 1.66. The van der Waals surface area contributed by atoms with Crippen molar-refractivity contribution in [3.8, 4) is 11.4 Å². The number of aliphatic imine (C=N–C) groups is 1. The summed E-state index contributed by atoms with van der Waals surface area (Å²) in [5.74, 6) is 1.88. The summed E-state index contributed by atoms with van der Waals surface area (Å²) in [6.07, 6.45) is 3.64. The second-order valence-corrected chi connectivity index (χ2v) is 3.95. The van der Waals surface area contributed by atoms with Crippen LogP contribution in [0.3, 0.4) is 0 Å². The summed E-state index contributed by atoms with van der Waals surface area (Å²) in [6.45, 7) is 0.957. The van der Waals surface area contributed by atoms with Crippen LogP contribution in [0.2, 0.25) is 0 Å². The summed E-state index contributed by atoms with van der Waals surface area (Å²) in [5, 5.41) is 8.34. The summed E-state index contributed by atoms with van der Waals surface area (Å²) in [7, 11) is 0. The molecule has 2 aromatic rings. The van der Waals surface area contributed by atoms with Gasteiger partial charge in [-0.3, -0.25) is 0 Å². The number of fused-ring (bicyclic) bond motifs is 1. The average molecular weight is 226 g/mol. The summed E-state index contributed by atoms with van der Waals surface area (Å²) in [6, 6.07) is 7.37. The molecule has 0 N–H and O–H groups in total. The Balaban J connectivity index is 2.09. The smallest absolute Gasteiger partial charge is 0.240 e. The molecule has 3 rings (SSSR count). The number of carbonyl (C=O) groups excluding carboxylic acids is 1. The van der Waals surface area contributed by atoms with Crippen molar-refractivity contribution in [2.45, 2.75) is 19.4 Å². The van der Waals surface area contributed by atoms with Crippen LogP contribution in [0, 0.1) is 0 Å². The van der Waals surface area contributed by atoms with E-state index in [9.17, 15) is 4.79 Å². The van der Waals surface area contributed by atoms with Crippen LogP contribution in [0.4, 0.5) is 5.69 Å². The van der Waals surface area contributed by atoms with E-state index >= 15 is 0 Å². The number of rotatable bonds is 2. The number of aromatic nitrogens is 3. The van der Waals surface area contributed by atoms with Gasteiger partial charge in [-0.15, -0.1) is 10.2 Å². The maximum atomic E-state index is 10.2. The third-order valence-electron chi connectivity index (χ3n) is 2.89. The molecule has 0 bridgehead atoms. The number of benzene rings is 1. The van der Waals surface area contributed by atoms with E-state index in [1.807, 2.05) is 18.2 Å². The van der Waals surface area contributed by atoms with Crippen molar-refractivity contribution in [2.75, 3.05) is 0 Å². The zero-order valence-corrected chi connectivity index (χ0v) is 9.13. The van der Waals surface area contributed by atoms with Crippen molar-refractivity contribution in [3.05, 3.63) is 30.1 Å². The fraction of sp³-hybridized carbons (Fsp3) is 0.250. The molecule has 0 saturated heterocycles. The van der Waals surface area contributed by atoms with Gasteiger partial charge in [0.2, 0.25) is 6.08 Å². The molecular formula is C12H10N4O. The van der Waals surface area contributed by atoms with Gasteiger partial charge < -0.3 is 4.57 Å². The van der Waals surface area contributed by atoms with E-state index in [0.717, 1.165) is 36.6 Å². The lowest BCUT2D eigenvalue weighted by molar-refractivity contribution is 0.565. The Bertz CT molecular complexity index is 611. The summed E-state index contributed by atoms with van der Waals surface area (Å²) < 4.78 is 2.11. The molecule has 0 radical (unpaired) electrons. The monoisotopic (exact) mass is 226 g/mol. The molecule has 17 heavy (non-hydrogen) atoms. The zero-order valence-electron chi connectivity index (χ0n) is 9.13. The highest BCUT2D eigenvalue weighted by molar-refractivity contribution is 5.63. The first-order valence-electron chi connectivity index (χ1n) is 5.49. The molecule has 1 aliphatic heterocycles. The molecule has 0 amide bonds. The number of hydrogen-bond acceptors (Lipinski definition) is 4. The number of hydrogen-bond donors (Lipinski definition) is 0. The first kappa shape index (κ1) is 9.93. The normalized spacial score (nSPS) is 13.2. The Hall–Kier alpha value is -2.26. The maximum absolute atomic E-state index is 10.2. The zero-order chi connectivity index (χ0) is 11.7. The number of isocyanates is 1. The Kier molecular flexibility index (Phi) is 2.31. The van der Waals surface area contributed by atoms with Gasteiger partial charge in [-0.05, 0) is 18.6 Å². The topological polar surface area (TPSA) is 60.1 Å². The quantitative estimate of drug-likeness (QED) is 0.580. The van der Waals surface area contributed by atoms with Crippen LogP contribution in [0.15, 0.2) is 29.3 Å². The predicted octanol–water partition coefficient (Wildman–Crippen LogP) is 1.86. The molecule has 5 heteroatoms. The van der Waals surface area contributed by atoms with Crippen molar-refractivity contribution in [1.29, 1.82) is 0 Å². The van der Waals surface area contributed by atoms with Crippen LogP contribution in [0.5, 0.6) is 0 Å². The first-order valence-corrected chi connectivity index (χ1v) is 5.49.